The maximum atomic E-state index is 12.6. The fraction of sp³-hybridized carbons (Fsp3) is 0.320. The Morgan fingerprint density at radius 2 is 1.26 bits per heavy atom. The van der Waals surface area contributed by atoms with Gasteiger partial charge in [-0.3, -0.25) is 14.4 Å². The molecule has 2 aromatic carbocycles. The third-order valence-electron chi connectivity index (χ3n) is 5.09. The highest BCUT2D eigenvalue weighted by Crippen LogP contribution is 2.40. The van der Waals surface area contributed by atoms with E-state index in [4.69, 9.17) is 32.7 Å². The highest BCUT2D eigenvalue weighted by atomic mass is 35.5. The summed E-state index contributed by atoms with van der Waals surface area (Å²) in [5.74, 6) is 0.594. The third-order valence-corrected chi connectivity index (χ3v) is 7.49. The van der Waals surface area contributed by atoms with Crippen molar-refractivity contribution in [1.82, 2.24) is 0 Å². The van der Waals surface area contributed by atoms with E-state index in [1.54, 1.807) is 43.0 Å². The van der Waals surface area contributed by atoms with Gasteiger partial charge >= 0.3 is 0 Å². The molecule has 2 rings (SSSR count). The summed E-state index contributed by atoms with van der Waals surface area (Å²) >= 11 is 16.3. The van der Waals surface area contributed by atoms with E-state index in [9.17, 15) is 14.4 Å². The van der Waals surface area contributed by atoms with Crippen LogP contribution in [0, 0.1) is 0 Å². The van der Waals surface area contributed by atoms with Crippen molar-refractivity contribution < 1.29 is 23.9 Å². The molecule has 5 nitrogen and oxygen atoms in total. The molecule has 0 aromatic heterocycles. The van der Waals surface area contributed by atoms with Crippen molar-refractivity contribution in [2.24, 2.45) is 0 Å². The Balaban J connectivity index is 2.73. The molecule has 0 aliphatic rings. The highest BCUT2D eigenvalue weighted by Gasteiger charge is 2.21. The van der Waals surface area contributed by atoms with E-state index >= 15 is 0 Å². The van der Waals surface area contributed by atoms with E-state index in [2.05, 4.69) is 0 Å². The molecule has 0 unspecified atom stereocenters. The molecule has 0 bridgehead atoms. The minimum absolute atomic E-state index is 0.112. The first-order valence-corrected chi connectivity index (χ1v) is 14.8. The summed E-state index contributed by atoms with van der Waals surface area (Å²) in [7, 11) is 2.92. The molecule has 2 aromatic rings. The van der Waals surface area contributed by atoms with E-state index < -0.39 is 0 Å². The van der Waals surface area contributed by atoms with Gasteiger partial charge in [-0.2, -0.15) is 0 Å². The smallest absolute Gasteiger partial charge is 0.222 e. The van der Waals surface area contributed by atoms with E-state index in [0.717, 1.165) is 29.1 Å². The maximum Gasteiger partial charge on any atom is 0.222 e. The van der Waals surface area contributed by atoms with Crippen molar-refractivity contribution >= 4 is 79.4 Å². The number of allylic oxidation sites excluding steroid dienone is 1. The van der Waals surface area contributed by atoms with Gasteiger partial charge in [-0.05, 0) is 72.6 Å². The Morgan fingerprint density at radius 1 is 0.800 bits per heavy atom. The standard InChI is InChI=1S/C25H26Cl2O5S3/c1-31-22-17(24(29)34-4)10-14(12-19(22)26)16(8-6-7-9-21(28)33-3)15-11-18(25(30)35-5)23(32-2)20(27)13-15/h8,10-13H,6-7,9H2,1-5H3. The van der Waals surface area contributed by atoms with Gasteiger partial charge in [-0.25, -0.2) is 0 Å². The fourth-order valence-electron chi connectivity index (χ4n) is 3.43. The largest absolute Gasteiger partial charge is 0.494 e. The summed E-state index contributed by atoms with van der Waals surface area (Å²) in [6, 6.07) is 6.86. The molecule has 10 heteroatoms. The van der Waals surface area contributed by atoms with Crippen LogP contribution in [0.1, 0.15) is 51.1 Å². The summed E-state index contributed by atoms with van der Waals surface area (Å²) in [6.07, 6.45) is 8.76. The lowest BCUT2D eigenvalue weighted by Gasteiger charge is -2.17. The van der Waals surface area contributed by atoms with E-state index in [-0.39, 0.29) is 25.4 Å². The monoisotopic (exact) mass is 572 g/mol. The van der Waals surface area contributed by atoms with Crippen LogP contribution in [0.3, 0.4) is 0 Å². The van der Waals surface area contributed by atoms with E-state index in [0.29, 0.717) is 53.0 Å². The zero-order valence-electron chi connectivity index (χ0n) is 20.0. The molecule has 0 radical (unpaired) electrons. The first kappa shape index (κ1) is 29.6. The molecular formula is C25H26Cl2O5S3. The predicted molar refractivity (Wildman–Crippen MR) is 151 cm³/mol. The van der Waals surface area contributed by atoms with Crippen LogP contribution in [-0.4, -0.2) is 48.3 Å². The summed E-state index contributed by atoms with van der Waals surface area (Å²) in [5.41, 5.74) is 2.72. The van der Waals surface area contributed by atoms with Gasteiger partial charge in [-0.15, -0.1) is 0 Å². The number of benzene rings is 2. The van der Waals surface area contributed by atoms with Crippen LogP contribution in [0.5, 0.6) is 11.5 Å². The van der Waals surface area contributed by atoms with Crippen molar-refractivity contribution in [3.05, 3.63) is 62.6 Å². The lowest BCUT2D eigenvalue weighted by atomic mass is 9.93. The van der Waals surface area contributed by atoms with E-state index in [1.165, 1.54) is 26.0 Å². The van der Waals surface area contributed by atoms with Crippen LogP contribution < -0.4 is 9.47 Å². The SMILES string of the molecule is COc1c(Cl)cc(C(=CCCCC(=O)SC)c2cc(Cl)c(OC)c(C(=O)SC)c2)cc1C(=O)SC. The Hall–Kier alpha value is -1.58. The minimum atomic E-state index is -0.193. The molecule has 0 heterocycles. The van der Waals surface area contributed by atoms with Gasteiger partial charge < -0.3 is 9.47 Å². The molecule has 0 aliphatic heterocycles. The molecule has 0 amide bonds. The van der Waals surface area contributed by atoms with Gasteiger partial charge in [0.25, 0.3) is 0 Å². The van der Waals surface area contributed by atoms with Crippen molar-refractivity contribution in [2.45, 2.75) is 19.3 Å². The number of hydrogen-bond acceptors (Lipinski definition) is 8. The molecule has 0 saturated heterocycles. The number of thioether (sulfide) groups is 3. The van der Waals surface area contributed by atoms with Crippen molar-refractivity contribution in [2.75, 3.05) is 33.0 Å². The average molecular weight is 574 g/mol. The number of rotatable bonds is 10. The van der Waals surface area contributed by atoms with Crippen LogP contribution in [0.4, 0.5) is 0 Å². The number of carbonyl (C=O) groups excluding carboxylic acids is 3. The van der Waals surface area contributed by atoms with Crippen LogP contribution in [0.25, 0.3) is 5.57 Å². The Labute approximate surface area is 228 Å². The highest BCUT2D eigenvalue weighted by molar-refractivity contribution is 8.13. The van der Waals surface area contributed by atoms with Crippen LogP contribution in [0.2, 0.25) is 10.0 Å². The second-order valence-corrected chi connectivity index (χ2v) is 10.4. The van der Waals surface area contributed by atoms with Gasteiger partial charge in [0.2, 0.25) is 10.2 Å². The van der Waals surface area contributed by atoms with Crippen LogP contribution in [-0.2, 0) is 4.79 Å². The predicted octanol–water partition coefficient (Wildman–Crippen LogP) is 7.51. The first-order valence-electron chi connectivity index (χ1n) is 10.4. The quantitative estimate of drug-likeness (QED) is 0.271. The van der Waals surface area contributed by atoms with Gasteiger partial charge in [-0.1, -0.05) is 64.6 Å². The summed E-state index contributed by atoms with van der Waals surface area (Å²) in [4.78, 5) is 37.0. The summed E-state index contributed by atoms with van der Waals surface area (Å²) in [5, 5.41) is 0.292. The molecule has 35 heavy (non-hydrogen) atoms. The lowest BCUT2D eigenvalue weighted by molar-refractivity contribution is -0.111. The Kier molecular flexibility index (Phi) is 12.1. The average Bonchev–Trinajstić information content (AvgIpc) is 2.86. The van der Waals surface area contributed by atoms with Gasteiger partial charge in [0.1, 0.15) is 11.5 Å². The number of carbonyl (C=O) groups is 3. The Morgan fingerprint density at radius 3 is 1.63 bits per heavy atom. The van der Waals surface area contributed by atoms with Gasteiger partial charge in [0.05, 0.1) is 35.4 Å². The molecule has 0 aliphatic carbocycles. The van der Waals surface area contributed by atoms with Crippen molar-refractivity contribution in [3.8, 4) is 11.5 Å². The van der Waals surface area contributed by atoms with Gasteiger partial charge in [0, 0.05) is 6.42 Å². The number of unbranched alkanes of at least 4 members (excludes halogenated alkanes) is 1. The zero-order valence-corrected chi connectivity index (χ0v) is 24.0. The molecule has 0 fully saturated rings. The normalized spacial score (nSPS) is 10.6. The second kappa shape index (κ2) is 14.2. The molecule has 0 spiro atoms. The second-order valence-electron chi connectivity index (χ2n) is 7.15. The van der Waals surface area contributed by atoms with Crippen LogP contribution in [0.15, 0.2) is 30.3 Å². The Bertz CT molecular complexity index is 1070. The van der Waals surface area contributed by atoms with Gasteiger partial charge in [0.15, 0.2) is 5.12 Å². The molecule has 188 valence electrons. The van der Waals surface area contributed by atoms with Crippen molar-refractivity contribution in [3.63, 3.8) is 0 Å². The molecule has 0 atom stereocenters. The third kappa shape index (κ3) is 7.46. The molecular weight excluding hydrogens is 547 g/mol. The van der Waals surface area contributed by atoms with Crippen LogP contribution >= 0.6 is 58.5 Å². The zero-order chi connectivity index (χ0) is 26.1. The lowest BCUT2D eigenvalue weighted by Crippen LogP contribution is -2.03. The summed E-state index contributed by atoms with van der Waals surface area (Å²) in [6.45, 7) is 0. The first-order chi connectivity index (χ1) is 16.7. The van der Waals surface area contributed by atoms with E-state index in [1.807, 2.05) is 6.08 Å². The number of hydrogen-bond donors (Lipinski definition) is 0. The molecule has 0 N–H and O–H groups in total. The molecule has 0 saturated carbocycles. The number of ether oxygens (including phenoxy) is 2. The maximum absolute atomic E-state index is 12.6. The number of halogens is 2. The number of methoxy groups -OCH3 is 2. The minimum Gasteiger partial charge on any atom is -0.494 e. The fourth-order valence-corrected chi connectivity index (χ4v) is 5.12. The topological polar surface area (TPSA) is 69.7 Å². The van der Waals surface area contributed by atoms with Crippen molar-refractivity contribution in [1.29, 1.82) is 0 Å². The summed E-state index contributed by atoms with van der Waals surface area (Å²) < 4.78 is 10.8.